The van der Waals surface area contributed by atoms with Crippen molar-refractivity contribution in [2.45, 2.75) is 26.7 Å². The Morgan fingerprint density at radius 3 is 2.60 bits per heavy atom. The Balaban J connectivity index is 3.22. The van der Waals surface area contributed by atoms with Crippen LogP contribution in [0, 0.1) is 12.8 Å². The highest BCUT2D eigenvalue weighted by Gasteiger charge is 2.06. The van der Waals surface area contributed by atoms with Gasteiger partial charge >= 0.3 is 5.97 Å². The largest absolute Gasteiger partial charge is 0.465 e. The Morgan fingerprint density at radius 2 is 2.20 bits per heavy atom. The molecule has 0 aromatic carbocycles. The zero-order valence-electron chi connectivity index (χ0n) is 6.72. The summed E-state index contributed by atoms with van der Waals surface area (Å²) in [5, 5.41) is 0. The summed E-state index contributed by atoms with van der Waals surface area (Å²) in [6.45, 7) is 7.80. The maximum atomic E-state index is 10.8. The highest BCUT2D eigenvalue weighted by molar-refractivity contribution is 5.71. The van der Waals surface area contributed by atoms with Crippen molar-refractivity contribution in [3.8, 4) is 0 Å². The van der Waals surface area contributed by atoms with Crippen LogP contribution in [-0.2, 0) is 9.53 Å². The lowest BCUT2D eigenvalue weighted by atomic mass is 10.2. The third-order valence-electron chi connectivity index (χ3n) is 1.11. The van der Waals surface area contributed by atoms with Crippen molar-refractivity contribution in [2.24, 2.45) is 5.92 Å². The minimum absolute atomic E-state index is 0.00943. The molecule has 59 valence electrons. The van der Waals surface area contributed by atoms with Gasteiger partial charge < -0.3 is 4.74 Å². The molecule has 0 aliphatic carbocycles. The van der Waals surface area contributed by atoms with Gasteiger partial charge in [-0.1, -0.05) is 27.2 Å². The normalized spacial score (nSPS) is 10.0. The van der Waals surface area contributed by atoms with Gasteiger partial charge in [-0.15, -0.1) is 0 Å². The molecule has 0 fully saturated rings. The van der Waals surface area contributed by atoms with Crippen molar-refractivity contribution >= 4 is 5.97 Å². The molecule has 0 saturated heterocycles. The highest BCUT2D eigenvalue weighted by Crippen LogP contribution is 1.97. The molecule has 0 aliphatic heterocycles. The minimum Gasteiger partial charge on any atom is -0.465 e. The minimum atomic E-state index is -0.117. The molecular weight excluding hydrogens is 128 g/mol. The highest BCUT2D eigenvalue weighted by atomic mass is 16.5. The average Bonchev–Trinajstić information content (AvgIpc) is 1.88. The van der Waals surface area contributed by atoms with Crippen molar-refractivity contribution in [1.82, 2.24) is 0 Å². The summed E-state index contributed by atoms with van der Waals surface area (Å²) >= 11 is 0. The molecule has 0 unspecified atom stereocenters. The molecule has 0 rings (SSSR count). The zero-order chi connectivity index (χ0) is 7.98. The fourth-order valence-corrected chi connectivity index (χ4v) is 0.441. The van der Waals surface area contributed by atoms with E-state index in [1.54, 1.807) is 0 Å². The van der Waals surface area contributed by atoms with Gasteiger partial charge in [0, 0.05) is 0 Å². The molecule has 2 heteroatoms. The second-order valence-electron chi connectivity index (χ2n) is 2.53. The average molecular weight is 143 g/mol. The fourth-order valence-electron chi connectivity index (χ4n) is 0.441. The molecule has 0 aliphatic rings. The Morgan fingerprint density at radius 1 is 1.60 bits per heavy atom. The molecule has 0 spiro atoms. The fraction of sp³-hybridized carbons (Fsp3) is 0.750. The lowest BCUT2D eigenvalue weighted by molar-refractivity contribution is -0.147. The number of hydrogen-bond acceptors (Lipinski definition) is 2. The van der Waals surface area contributed by atoms with Crippen LogP contribution in [-0.4, -0.2) is 12.6 Å². The van der Waals surface area contributed by atoms with Crippen molar-refractivity contribution in [3.05, 3.63) is 6.92 Å². The molecule has 0 saturated carbocycles. The van der Waals surface area contributed by atoms with Gasteiger partial charge in [0.1, 0.15) is 0 Å². The molecule has 1 radical (unpaired) electrons. The van der Waals surface area contributed by atoms with E-state index < -0.39 is 0 Å². The standard InChI is InChI=1S/C8H15O2/c1-4-5-6-10-8(9)7(2)3/h7H,1,4-6H2,2-3H3. The summed E-state index contributed by atoms with van der Waals surface area (Å²) < 4.78 is 4.86. The van der Waals surface area contributed by atoms with E-state index in [4.69, 9.17) is 4.74 Å². The Kier molecular flexibility index (Phi) is 4.99. The van der Waals surface area contributed by atoms with E-state index in [0.717, 1.165) is 12.8 Å². The first-order valence-electron chi connectivity index (χ1n) is 3.64. The summed E-state index contributed by atoms with van der Waals surface area (Å²) in [5.74, 6) is -0.127. The van der Waals surface area contributed by atoms with Crippen LogP contribution in [0.1, 0.15) is 26.7 Å². The first-order valence-corrected chi connectivity index (χ1v) is 3.64. The van der Waals surface area contributed by atoms with Gasteiger partial charge in [0.25, 0.3) is 0 Å². The van der Waals surface area contributed by atoms with Crippen LogP contribution < -0.4 is 0 Å². The van der Waals surface area contributed by atoms with Gasteiger partial charge in [-0.3, -0.25) is 4.79 Å². The topological polar surface area (TPSA) is 26.3 Å². The smallest absolute Gasteiger partial charge is 0.308 e. The summed E-state index contributed by atoms with van der Waals surface area (Å²) in [6.07, 6.45) is 1.68. The Bertz CT molecular complexity index is 97.4. The van der Waals surface area contributed by atoms with E-state index in [2.05, 4.69) is 6.92 Å². The van der Waals surface area contributed by atoms with E-state index in [0.29, 0.717) is 6.61 Å². The maximum Gasteiger partial charge on any atom is 0.308 e. The first-order chi connectivity index (χ1) is 4.68. The van der Waals surface area contributed by atoms with E-state index in [9.17, 15) is 4.79 Å². The summed E-state index contributed by atoms with van der Waals surface area (Å²) in [5.41, 5.74) is 0. The molecule has 0 aromatic rings. The van der Waals surface area contributed by atoms with Gasteiger partial charge in [0.15, 0.2) is 0 Å². The molecule has 2 nitrogen and oxygen atoms in total. The van der Waals surface area contributed by atoms with Crippen molar-refractivity contribution in [3.63, 3.8) is 0 Å². The van der Waals surface area contributed by atoms with Crippen LogP contribution in [0.5, 0.6) is 0 Å². The zero-order valence-corrected chi connectivity index (χ0v) is 6.72. The number of unbranched alkanes of at least 4 members (excludes halogenated alkanes) is 1. The molecule has 0 heterocycles. The van der Waals surface area contributed by atoms with E-state index in [-0.39, 0.29) is 11.9 Å². The second kappa shape index (κ2) is 5.27. The Labute approximate surface area is 62.6 Å². The number of carbonyl (C=O) groups excluding carboxylic acids is 1. The SMILES string of the molecule is [CH2]CCCOC(=O)C(C)C. The van der Waals surface area contributed by atoms with E-state index in [1.165, 1.54) is 0 Å². The van der Waals surface area contributed by atoms with E-state index in [1.807, 2.05) is 13.8 Å². The Hall–Kier alpha value is -0.530. The molecule has 0 amide bonds. The number of carbonyl (C=O) groups is 1. The number of ether oxygens (including phenoxy) is 1. The molecule has 0 aromatic heterocycles. The first kappa shape index (κ1) is 9.47. The van der Waals surface area contributed by atoms with Gasteiger partial charge in [0.05, 0.1) is 12.5 Å². The molecule has 0 atom stereocenters. The molecule has 10 heavy (non-hydrogen) atoms. The van der Waals surface area contributed by atoms with Crippen LogP contribution in [0.4, 0.5) is 0 Å². The maximum absolute atomic E-state index is 10.8. The van der Waals surface area contributed by atoms with Crippen molar-refractivity contribution in [1.29, 1.82) is 0 Å². The molecule has 0 N–H and O–H groups in total. The summed E-state index contributed by atoms with van der Waals surface area (Å²) in [7, 11) is 0. The number of hydrogen-bond donors (Lipinski definition) is 0. The van der Waals surface area contributed by atoms with Crippen LogP contribution in [0.3, 0.4) is 0 Å². The summed E-state index contributed by atoms with van der Waals surface area (Å²) in [4.78, 5) is 10.8. The summed E-state index contributed by atoms with van der Waals surface area (Å²) in [6, 6.07) is 0. The third-order valence-corrected chi connectivity index (χ3v) is 1.11. The third kappa shape index (κ3) is 4.36. The van der Waals surface area contributed by atoms with Crippen LogP contribution >= 0.6 is 0 Å². The van der Waals surface area contributed by atoms with E-state index >= 15 is 0 Å². The lowest BCUT2D eigenvalue weighted by Crippen LogP contribution is -2.12. The van der Waals surface area contributed by atoms with Gasteiger partial charge in [0.2, 0.25) is 0 Å². The van der Waals surface area contributed by atoms with Crippen molar-refractivity contribution < 1.29 is 9.53 Å². The van der Waals surface area contributed by atoms with Crippen molar-refractivity contribution in [2.75, 3.05) is 6.61 Å². The number of esters is 1. The molecular formula is C8H15O2. The second-order valence-corrected chi connectivity index (χ2v) is 2.53. The van der Waals surface area contributed by atoms with Crippen LogP contribution in [0.25, 0.3) is 0 Å². The predicted molar refractivity (Wildman–Crippen MR) is 40.4 cm³/mol. The molecule has 0 bridgehead atoms. The predicted octanol–water partition coefficient (Wildman–Crippen LogP) is 1.80. The lowest BCUT2D eigenvalue weighted by Gasteiger charge is -2.04. The van der Waals surface area contributed by atoms with Crippen LogP contribution in [0.15, 0.2) is 0 Å². The monoisotopic (exact) mass is 143 g/mol. The van der Waals surface area contributed by atoms with Gasteiger partial charge in [-0.2, -0.15) is 0 Å². The van der Waals surface area contributed by atoms with Gasteiger partial charge in [-0.05, 0) is 6.42 Å². The van der Waals surface area contributed by atoms with Crippen LogP contribution in [0.2, 0.25) is 0 Å². The number of rotatable bonds is 4. The quantitative estimate of drug-likeness (QED) is 0.443. The van der Waals surface area contributed by atoms with Gasteiger partial charge in [-0.25, -0.2) is 0 Å².